The van der Waals surface area contributed by atoms with Crippen molar-refractivity contribution in [1.29, 1.82) is 0 Å². The second-order valence-electron chi connectivity index (χ2n) is 5.11. The van der Waals surface area contributed by atoms with Gasteiger partial charge in [0.15, 0.2) is 5.75 Å². The average molecular weight is 380 g/mol. The molecule has 0 heterocycles. The van der Waals surface area contributed by atoms with Gasteiger partial charge in [0.2, 0.25) is 0 Å². The summed E-state index contributed by atoms with van der Waals surface area (Å²) in [6.07, 6.45) is 0. The number of ether oxygens (including phenoxy) is 1. The summed E-state index contributed by atoms with van der Waals surface area (Å²) in [5, 5.41) is 18.6. The van der Waals surface area contributed by atoms with E-state index >= 15 is 0 Å². The van der Waals surface area contributed by atoms with Gasteiger partial charge in [-0.3, -0.25) is 0 Å². The molecule has 0 aliphatic carbocycles. The Morgan fingerprint density at radius 1 is 0.962 bits per heavy atom. The Labute approximate surface area is 172 Å². The number of methoxy groups -OCH3 is 1. The Hall–Kier alpha value is -1.97. The summed E-state index contributed by atoms with van der Waals surface area (Å²) in [4.78, 5) is -0.463. The molecule has 0 aliphatic heterocycles. The molecule has 9 heteroatoms. The van der Waals surface area contributed by atoms with Gasteiger partial charge in [0.05, 0.1) is 12.0 Å². The van der Waals surface area contributed by atoms with Gasteiger partial charge in [-0.15, -0.1) is 10.2 Å². The minimum Gasteiger partial charge on any atom is -0.744 e. The zero-order chi connectivity index (χ0) is 18.0. The molecule has 7 nitrogen and oxygen atoms in total. The molecule has 1 N–H and O–H groups in total. The Kier molecular flexibility index (Phi) is 6.38. The largest absolute Gasteiger partial charge is 1.00 e. The van der Waals surface area contributed by atoms with E-state index < -0.39 is 15.0 Å². The average Bonchev–Trinajstić information content (AvgIpc) is 2.60. The summed E-state index contributed by atoms with van der Waals surface area (Å²) >= 11 is 0. The molecule has 0 spiro atoms. The quantitative estimate of drug-likeness (QED) is 0.410. The monoisotopic (exact) mass is 380 g/mol. The van der Waals surface area contributed by atoms with Crippen LogP contribution in [0.5, 0.6) is 11.5 Å². The molecule has 26 heavy (non-hydrogen) atoms. The molecule has 3 aromatic rings. The van der Waals surface area contributed by atoms with Gasteiger partial charge in [0.25, 0.3) is 0 Å². The van der Waals surface area contributed by atoms with Crippen LogP contribution in [0.4, 0.5) is 11.4 Å². The number of aromatic hydroxyl groups is 1. The van der Waals surface area contributed by atoms with Crippen molar-refractivity contribution in [3.05, 3.63) is 54.6 Å². The van der Waals surface area contributed by atoms with Gasteiger partial charge in [0.1, 0.15) is 27.2 Å². The molecular formula is C17H13N2NaO5S. The summed E-state index contributed by atoms with van der Waals surface area (Å²) in [7, 11) is -3.28. The number of azo groups is 1. The molecule has 0 amide bonds. The molecule has 0 fully saturated rings. The van der Waals surface area contributed by atoms with Crippen LogP contribution in [-0.4, -0.2) is 25.2 Å². The van der Waals surface area contributed by atoms with Crippen LogP contribution in [0, 0.1) is 0 Å². The third-order valence-corrected chi connectivity index (χ3v) is 4.45. The van der Waals surface area contributed by atoms with Crippen LogP contribution in [0.1, 0.15) is 0 Å². The first kappa shape index (κ1) is 20.3. The molecule has 0 aliphatic rings. The molecule has 128 valence electrons. The number of phenols is 1. The number of benzene rings is 3. The minimum atomic E-state index is -4.75. The number of hydrogen-bond donors (Lipinski definition) is 1. The van der Waals surface area contributed by atoms with E-state index in [1.807, 2.05) is 0 Å². The van der Waals surface area contributed by atoms with Gasteiger partial charge < -0.3 is 14.4 Å². The van der Waals surface area contributed by atoms with E-state index in [1.54, 1.807) is 36.4 Å². The van der Waals surface area contributed by atoms with Gasteiger partial charge >= 0.3 is 29.6 Å². The Morgan fingerprint density at radius 2 is 1.54 bits per heavy atom. The number of phenolic OH excluding ortho intramolecular Hbond substituents is 1. The Morgan fingerprint density at radius 3 is 2.19 bits per heavy atom. The van der Waals surface area contributed by atoms with E-state index in [1.165, 1.54) is 19.2 Å². The molecule has 0 aromatic heterocycles. The van der Waals surface area contributed by atoms with Crippen molar-refractivity contribution < 1.29 is 52.4 Å². The van der Waals surface area contributed by atoms with Crippen LogP contribution >= 0.6 is 0 Å². The molecule has 0 unspecified atom stereocenters. The van der Waals surface area contributed by atoms with Gasteiger partial charge in [-0.1, -0.05) is 36.4 Å². The first-order valence-electron chi connectivity index (χ1n) is 7.17. The van der Waals surface area contributed by atoms with Crippen LogP contribution in [0.2, 0.25) is 0 Å². The Balaban J connectivity index is 0.00000243. The first-order valence-corrected chi connectivity index (χ1v) is 8.58. The summed E-state index contributed by atoms with van der Waals surface area (Å²) < 4.78 is 39.8. The third kappa shape index (κ3) is 4.05. The fourth-order valence-electron chi connectivity index (χ4n) is 2.42. The maximum absolute atomic E-state index is 11.6. The van der Waals surface area contributed by atoms with Crippen molar-refractivity contribution in [3.63, 3.8) is 0 Å². The number of para-hydroxylation sites is 1. The topological polar surface area (TPSA) is 111 Å². The SMILES string of the molecule is COc1ccccc1N=Nc1cc(S(=O)(=O)[O-])c2ccccc2c1O.[Na+]. The number of hydrogen-bond acceptors (Lipinski definition) is 7. The van der Waals surface area contributed by atoms with Crippen LogP contribution in [0.3, 0.4) is 0 Å². The normalized spacial score (nSPS) is 11.5. The van der Waals surface area contributed by atoms with Crippen molar-refractivity contribution >= 4 is 32.3 Å². The van der Waals surface area contributed by atoms with Crippen molar-refractivity contribution in [1.82, 2.24) is 0 Å². The van der Waals surface area contributed by atoms with Crippen LogP contribution in [-0.2, 0) is 10.1 Å². The van der Waals surface area contributed by atoms with Crippen LogP contribution in [0.25, 0.3) is 10.8 Å². The molecule has 0 bridgehead atoms. The molecule has 0 saturated heterocycles. The predicted molar refractivity (Wildman–Crippen MR) is 90.7 cm³/mol. The molecule has 0 atom stereocenters. The molecule has 3 aromatic carbocycles. The maximum atomic E-state index is 11.6. The van der Waals surface area contributed by atoms with Gasteiger partial charge in [-0.05, 0) is 18.2 Å². The molecule has 0 radical (unpaired) electrons. The van der Waals surface area contributed by atoms with E-state index in [4.69, 9.17) is 4.74 Å². The minimum absolute atomic E-state index is 0. The van der Waals surface area contributed by atoms with Crippen LogP contribution in [0.15, 0.2) is 69.7 Å². The van der Waals surface area contributed by atoms with Crippen LogP contribution < -0.4 is 34.3 Å². The number of nitrogens with zero attached hydrogens (tertiary/aromatic N) is 2. The molecule has 3 rings (SSSR count). The third-order valence-electron chi connectivity index (χ3n) is 3.58. The van der Waals surface area contributed by atoms with E-state index in [0.717, 1.165) is 6.07 Å². The number of fused-ring (bicyclic) bond motifs is 1. The van der Waals surface area contributed by atoms with Crippen molar-refractivity contribution in [2.24, 2.45) is 10.2 Å². The van der Waals surface area contributed by atoms with Gasteiger partial charge in [0, 0.05) is 10.8 Å². The zero-order valence-electron chi connectivity index (χ0n) is 14.1. The fraction of sp³-hybridized carbons (Fsp3) is 0.0588. The van der Waals surface area contributed by atoms with Gasteiger partial charge in [-0.2, -0.15) is 0 Å². The summed E-state index contributed by atoms with van der Waals surface area (Å²) in [5.74, 6) is 0.199. The second kappa shape index (κ2) is 8.15. The van der Waals surface area contributed by atoms with E-state index in [-0.39, 0.29) is 51.8 Å². The second-order valence-corrected chi connectivity index (χ2v) is 6.46. The predicted octanol–water partition coefficient (Wildman–Crippen LogP) is 0.877. The summed E-state index contributed by atoms with van der Waals surface area (Å²) in [5.41, 5.74) is 0.267. The molecule has 0 saturated carbocycles. The van der Waals surface area contributed by atoms with E-state index in [9.17, 15) is 18.1 Å². The summed E-state index contributed by atoms with van der Waals surface area (Å²) in [6.45, 7) is 0. The Bertz CT molecular complexity index is 1080. The van der Waals surface area contributed by atoms with Crippen molar-refractivity contribution in [2.45, 2.75) is 4.90 Å². The van der Waals surface area contributed by atoms with Gasteiger partial charge in [-0.25, -0.2) is 8.42 Å². The zero-order valence-corrected chi connectivity index (χ0v) is 16.9. The standard InChI is InChI=1S/C17H14N2O5S.Na/c1-24-15-9-5-4-8-13(15)18-19-14-10-16(25(21,22)23)11-6-2-3-7-12(11)17(14)20;/h2-10,20H,1H3,(H,21,22,23);/q;+1/p-1. The summed E-state index contributed by atoms with van der Waals surface area (Å²) in [6, 6.07) is 14.0. The number of rotatable bonds is 4. The van der Waals surface area contributed by atoms with E-state index in [2.05, 4.69) is 10.2 Å². The maximum Gasteiger partial charge on any atom is 1.00 e. The van der Waals surface area contributed by atoms with Crippen molar-refractivity contribution in [3.8, 4) is 11.5 Å². The molecular weight excluding hydrogens is 367 g/mol. The fourth-order valence-corrected chi connectivity index (χ4v) is 3.12. The van der Waals surface area contributed by atoms with E-state index in [0.29, 0.717) is 11.4 Å². The smallest absolute Gasteiger partial charge is 0.744 e. The van der Waals surface area contributed by atoms with Crippen molar-refractivity contribution in [2.75, 3.05) is 7.11 Å². The first-order chi connectivity index (χ1) is 11.9.